The third-order valence-corrected chi connectivity index (χ3v) is 1.67. The molecule has 0 bridgehead atoms. The van der Waals surface area contributed by atoms with Crippen LogP contribution >= 0.6 is 0 Å². The lowest BCUT2D eigenvalue weighted by Crippen LogP contribution is -1.85. The van der Waals surface area contributed by atoms with Gasteiger partial charge in [-0.2, -0.15) is 10.4 Å². The summed E-state index contributed by atoms with van der Waals surface area (Å²) >= 11 is 0. The fraction of sp³-hybridized carbons (Fsp3) is 0.125. The predicted octanol–water partition coefficient (Wildman–Crippen LogP) is 1.14. The van der Waals surface area contributed by atoms with Gasteiger partial charge in [0.05, 0.1) is 17.1 Å². The van der Waals surface area contributed by atoms with Gasteiger partial charge >= 0.3 is 0 Å². The first-order valence-electron chi connectivity index (χ1n) is 3.52. The molecule has 4 nitrogen and oxygen atoms in total. The Morgan fingerprint density at radius 1 is 1.58 bits per heavy atom. The Hall–Kier alpha value is -1.89. The number of pyridine rings is 1. The summed E-state index contributed by atoms with van der Waals surface area (Å²) < 4.78 is 0. The van der Waals surface area contributed by atoms with E-state index < -0.39 is 0 Å². The van der Waals surface area contributed by atoms with Crippen LogP contribution in [0.3, 0.4) is 0 Å². The van der Waals surface area contributed by atoms with Crippen LogP contribution < -0.4 is 0 Å². The Labute approximate surface area is 68.9 Å². The monoisotopic (exact) mass is 158 g/mol. The molecule has 2 rings (SSSR count). The summed E-state index contributed by atoms with van der Waals surface area (Å²) in [6.45, 7) is 1.85. The van der Waals surface area contributed by atoms with E-state index >= 15 is 0 Å². The van der Waals surface area contributed by atoms with Gasteiger partial charge in [-0.05, 0) is 13.0 Å². The molecule has 0 saturated heterocycles. The van der Waals surface area contributed by atoms with Gasteiger partial charge in [-0.1, -0.05) is 0 Å². The fourth-order valence-corrected chi connectivity index (χ4v) is 1.15. The number of fused-ring (bicyclic) bond motifs is 1. The maximum Gasteiger partial charge on any atom is 0.156 e. The highest BCUT2D eigenvalue weighted by atomic mass is 15.1. The Kier molecular flexibility index (Phi) is 1.31. The second kappa shape index (κ2) is 2.31. The highest BCUT2D eigenvalue weighted by Crippen LogP contribution is 2.14. The van der Waals surface area contributed by atoms with E-state index in [1.54, 1.807) is 12.3 Å². The van der Waals surface area contributed by atoms with Crippen molar-refractivity contribution in [3.63, 3.8) is 0 Å². The van der Waals surface area contributed by atoms with Crippen LogP contribution in [-0.4, -0.2) is 15.2 Å². The van der Waals surface area contributed by atoms with Crippen molar-refractivity contribution in [3.05, 3.63) is 23.5 Å². The molecule has 0 fully saturated rings. The van der Waals surface area contributed by atoms with Crippen molar-refractivity contribution in [2.24, 2.45) is 0 Å². The number of H-pyrrole nitrogens is 1. The lowest BCUT2D eigenvalue weighted by Gasteiger charge is -1.93. The van der Waals surface area contributed by atoms with Gasteiger partial charge in [0.1, 0.15) is 6.07 Å². The van der Waals surface area contributed by atoms with Crippen LogP contribution in [0.1, 0.15) is 11.3 Å². The van der Waals surface area contributed by atoms with Gasteiger partial charge in [-0.3, -0.25) is 5.10 Å². The molecule has 2 aromatic rings. The molecule has 2 heterocycles. The Morgan fingerprint density at radius 3 is 3.17 bits per heavy atom. The molecule has 0 aromatic carbocycles. The molecule has 0 radical (unpaired) electrons. The predicted molar refractivity (Wildman–Crippen MR) is 43.3 cm³/mol. The molecule has 0 atom stereocenters. The number of nitrogens with one attached hydrogen (secondary N) is 1. The van der Waals surface area contributed by atoms with Gasteiger partial charge in [0.15, 0.2) is 5.65 Å². The molecule has 0 aliphatic rings. The summed E-state index contributed by atoms with van der Waals surface area (Å²) in [6.07, 6.45) is 1.61. The topological polar surface area (TPSA) is 65.4 Å². The van der Waals surface area contributed by atoms with Gasteiger partial charge in [0.2, 0.25) is 0 Å². The summed E-state index contributed by atoms with van der Waals surface area (Å²) in [5.74, 6) is 0. The largest absolute Gasteiger partial charge is 0.261 e. The minimum atomic E-state index is 0.617. The first-order valence-corrected chi connectivity index (χ1v) is 3.52. The van der Waals surface area contributed by atoms with Gasteiger partial charge in [0, 0.05) is 5.69 Å². The molecule has 12 heavy (non-hydrogen) atoms. The highest BCUT2D eigenvalue weighted by molar-refractivity contribution is 5.80. The number of aromatic nitrogens is 3. The van der Waals surface area contributed by atoms with Crippen molar-refractivity contribution in [2.45, 2.75) is 6.92 Å². The summed E-state index contributed by atoms with van der Waals surface area (Å²) in [6, 6.07) is 3.84. The number of hydrogen-bond acceptors (Lipinski definition) is 3. The zero-order chi connectivity index (χ0) is 8.55. The van der Waals surface area contributed by atoms with Crippen LogP contribution in [-0.2, 0) is 0 Å². The third kappa shape index (κ3) is 0.839. The number of nitriles is 1. The summed E-state index contributed by atoms with van der Waals surface area (Å²) in [4.78, 5) is 4.18. The van der Waals surface area contributed by atoms with Gasteiger partial charge in [-0.25, -0.2) is 4.98 Å². The summed E-state index contributed by atoms with van der Waals surface area (Å²) in [5.41, 5.74) is 2.11. The van der Waals surface area contributed by atoms with Gasteiger partial charge in [0.25, 0.3) is 0 Å². The zero-order valence-electron chi connectivity index (χ0n) is 6.50. The van der Waals surface area contributed by atoms with E-state index in [0.29, 0.717) is 11.2 Å². The van der Waals surface area contributed by atoms with Gasteiger partial charge in [-0.15, -0.1) is 0 Å². The van der Waals surface area contributed by atoms with Crippen molar-refractivity contribution >= 4 is 11.0 Å². The molecule has 58 valence electrons. The second-order valence-electron chi connectivity index (χ2n) is 2.56. The van der Waals surface area contributed by atoms with Crippen molar-refractivity contribution in [3.8, 4) is 6.07 Å². The third-order valence-electron chi connectivity index (χ3n) is 1.67. The van der Waals surface area contributed by atoms with Crippen molar-refractivity contribution in [1.29, 1.82) is 5.26 Å². The minimum Gasteiger partial charge on any atom is -0.261 e. The smallest absolute Gasteiger partial charge is 0.156 e. The van der Waals surface area contributed by atoms with E-state index in [4.69, 9.17) is 5.26 Å². The maximum absolute atomic E-state index is 8.76. The number of aromatic amines is 1. The maximum atomic E-state index is 8.76. The van der Waals surface area contributed by atoms with E-state index in [1.807, 2.05) is 6.92 Å². The van der Waals surface area contributed by atoms with Gasteiger partial charge < -0.3 is 0 Å². The van der Waals surface area contributed by atoms with Crippen molar-refractivity contribution in [1.82, 2.24) is 15.2 Å². The quantitative estimate of drug-likeness (QED) is 0.625. The Balaban J connectivity index is 2.91. The van der Waals surface area contributed by atoms with Crippen LogP contribution in [0.15, 0.2) is 12.3 Å². The molecule has 0 aliphatic carbocycles. The van der Waals surface area contributed by atoms with Crippen molar-refractivity contribution < 1.29 is 0 Å². The standard InChI is InChI=1S/C8H6N4/c1-5-2-6(3-9)7-4-10-12-8(7)11-5/h2,4H,1H3,(H,10,11,12). The Morgan fingerprint density at radius 2 is 2.42 bits per heavy atom. The lowest BCUT2D eigenvalue weighted by atomic mass is 10.2. The number of rotatable bonds is 0. The summed E-state index contributed by atoms with van der Waals surface area (Å²) in [5, 5.41) is 16.1. The van der Waals surface area contributed by atoms with E-state index in [9.17, 15) is 0 Å². The lowest BCUT2D eigenvalue weighted by molar-refractivity contribution is 1.09. The number of nitrogens with zero attached hydrogens (tertiary/aromatic N) is 3. The first kappa shape index (κ1) is 6.80. The van der Waals surface area contributed by atoms with E-state index in [0.717, 1.165) is 11.1 Å². The number of aryl methyl sites for hydroxylation is 1. The molecular weight excluding hydrogens is 152 g/mol. The highest BCUT2D eigenvalue weighted by Gasteiger charge is 2.03. The molecular formula is C8H6N4. The minimum absolute atomic E-state index is 0.617. The molecule has 4 heteroatoms. The molecule has 2 aromatic heterocycles. The molecule has 0 saturated carbocycles. The van der Waals surface area contributed by atoms with Crippen LogP contribution in [0.5, 0.6) is 0 Å². The summed E-state index contributed by atoms with van der Waals surface area (Å²) in [7, 11) is 0. The fourth-order valence-electron chi connectivity index (χ4n) is 1.15. The van der Waals surface area contributed by atoms with E-state index in [1.165, 1.54) is 0 Å². The van der Waals surface area contributed by atoms with Crippen LogP contribution in [0.25, 0.3) is 11.0 Å². The molecule has 1 N–H and O–H groups in total. The molecule has 0 unspecified atom stereocenters. The second-order valence-corrected chi connectivity index (χ2v) is 2.56. The molecule has 0 amide bonds. The SMILES string of the molecule is Cc1cc(C#N)c2cn[nH]c2n1. The molecule has 0 aliphatic heterocycles. The van der Waals surface area contributed by atoms with Crippen LogP contribution in [0, 0.1) is 18.3 Å². The van der Waals surface area contributed by atoms with Crippen molar-refractivity contribution in [2.75, 3.05) is 0 Å². The average molecular weight is 158 g/mol. The average Bonchev–Trinajstić information content (AvgIpc) is 2.50. The van der Waals surface area contributed by atoms with E-state index in [-0.39, 0.29) is 0 Å². The normalized spacial score (nSPS) is 10.0. The Bertz CT molecular complexity index is 463. The van der Waals surface area contributed by atoms with E-state index in [2.05, 4.69) is 21.3 Å². The first-order chi connectivity index (χ1) is 5.81. The number of hydrogen-bond donors (Lipinski definition) is 1. The van der Waals surface area contributed by atoms with Crippen LogP contribution in [0.4, 0.5) is 0 Å². The molecule has 0 spiro atoms. The zero-order valence-corrected chi connectivity index (χ0v) is 6.50. The van der Waals surface area contributed by atoms with Crippen LogP contribution in [0.2, 0.25) is 0 Å².